The molecule has 2 aromatic rings. The molecule has 1 aliphatic heterocycles. The predicted octanol–water partition coefficient (Wildman–Crippen LogP) is 2.54. The molecule has 0 atom stereocenters. The average Bonchev–Trinajstić information content (AvgIpc) is 2.95. The first kappa shape index (κ1) is 17.5. The third-order valence-electron chi connectivity index (χ3n) is 4.05. The Labute approximate surface area is 151 Å². The quantitative estimate of drug-likeness (QED) is 0.862. The van der Waals surface area contributed by atoms with Gasteiger partial charge in [-0.25, -0.2) is 4.68 Å². The Balaban J connectivity index is 1.83. The van der Waals surface area contributed by atoms with Crippen LogP contribution in [0.2, 0.25) is 0 Å². The molecule has 1 aliphatic rings. The van der Waals surface area contributed by atoms with Gasteiger partial charge in [0, 0.05) is 19.5 Å². The van der Waals surface area contributed by atoms with E-state index in [1.165, 1.54) is 11.8 Å². The summed E-state index contributed by atoms with van der Waals surface area (Å²) in [6, 6.07) is 9.92. The van der Waals surface area contributed by atoms with Crippen molar-refractivity contribution in [1.82, 2.24) is 15.1 Å². The van der Waals surface area contributed by atoms with E-state index >= 15 is 0 Å². The number of aromatic nitrogens is 2. The monoisotopic (exact) mass is 358 g/mol. The van der Waals surface area contributed by atoms with Gasteiger partial charge >= 0.3 is 0 Å². The van der Waals surface area contributed by atoms with E-state index in [4.69, 9.17) is 0 Å². The third kappa shape index (κ3) is 3.71. The number of carbonyl (C=O) groups is 2. The summed E-state index contributed by atoms with van der Waals surface area (Å²) in [6.07, 6.45) is 1.06. The van der Waals surface area contributed by atoms with Gasteiger partial charge < -0.3 is 10.2 Å². The van der Waals surface area contributed by atoms with Crippen LogP contribution in [0, 0.1) is 6.92 Å². The van der Waals surface area contributed by atoms with E-state index in [1.54, 1.807) is 4.90 Å². The molecule has 25 heavy (non-hydrogen) atoms. The van der Waals surface area contributed by atoms with Crippen LogP contribution in [-0.2, 0) is 9.59 Å². The Morgan fingerprint density at radius 3 is 2.80 bits per heavy atom. The van der Waals surface area contributed by atoms with Gasteiger partial charge in [0.05, 0.1) is 22.8 Å². The Hall–Kier alpha value is -2.28. The molecule has 6 nitrogen and oxygen atoms in total. The van der Waals surface area contributed by atoms with Crippen molar-refractivity contribution in [2.75, 3.05) is 23.7 Å². The molecule has 3 rings (SSSR count). The summed E-state index contributed by atoms with van der Waals surface area (Å²) in [5.74, 6) is 0.494. The number of para-hydroxylation sites is 1. The van der Waals surface area contributed by atoms with Gasteiger partial charge in [0.25, 0.3) is 0 Å². The van der Waals surface area contributed by atoms with Crippen molar-refractivity contribution in [1.29, 1.82) is 0 Å². The topological polar surface area (TPSA) is 67.2 Å². The Morgan fingerprint density at radius 1 is 1.32 bits per heavy atom. The van der Waals surface area contributed by atoms with Crippen molar-refractivity contribution in [3.05, 3.63) is 36.0 Å². The minimum absolute atomic E-state index is 0.0262. The zero-order valence-corrected chi connectivity index (χ0v) is 15.3. The number of fused-ring (bicyclic) bond motifs is 1. The third-order valence-corrected chi connectivity index (χ3v) is 5.08. The maximum absolute atomic E-state index is 12.4. The number of hydrogen-bond donors (Lipinski definition) is 1. The first-order valence-corrected chi connectivity index (χ1v) is 9.45. The van der Waals surface area contributed by atoms with Crippen LogP contribution in [0.1, 0.15) is 25.5 Å². The van der Waals surface area contributed by atoms with Crippen molar-refractivity contribution in [2.45, 2.75) is 31.7 Å². The second-order valence-corrected chi connectivity index (χ2v) is 6.84. The number of benzene rings is 1. The first-order chi connectivity index (χ1) is 12.1. The molecule has 2 heterocycles. The van der Waals surface area contributed by atoms with Crippen molar-refractivity contribution >= 4 is 29.3 Å². The smallest absolute Gasteiger partial charge is 0.237 e. The summed E-state index contributed by atoms with van der Waals surface area (Å²) in [4.78, 5) is 25.8. The minimum atomic E-state index is 0.0262. The van der Waals surface area contributed by atoms with E-state index in [9.17, 15) is 9.59 Å². The number of anilines is 1. The number of nitrogens with zero attached hydrogens (tertiary/aromatic N) is 3. The molecule has 132 valence electrons. The number of hydrogen-bond acceptors (Lipinski definition) is 4. The SMILES string of the molecule is CCNC(=O)CCCN1C(=O)CSc2c1c(C)nn2-c1ccccc1. The van der Waals surface area contributed by atoms with Crippen molar-refractivity contribution in [3.63, 3.8) is 0 Å². The molecule has 0 saturated carbocycles. The number of thioether (sulfide) groups is 1. The van der Waals surface area contributed by atoms with E-state index < -0.39 is 0 Å². The van der Waals surface area contributed by atoms with Crippen molar-refractivity contribution in [3.8, 4) is 5.69 Å². The summed E-state index contributed by atoms with van der Waals surface area (Å²) < 4.78 is 1.90. The van der Waals surface area contributed by atoms with Crippen LogP contribution in [0.25, 0.3) is 5.69 Å². The molecule has 0 radical (unpaired) electrons. The van der Waals surface area contributed by atoms with Gasteiger partial charge in [-0.2, -0.15) is 5.10 Å². The van der Waals surface area contributed by atoms with Crippen LogP contribution >= 0.6 is 11.8 Å². The Bertz CT molecular complexity index is 773. The second-order valence-electron chi connectivity index (χ2n) is 5.88. The molecular weight excluding hydrogens is 336 g/mol. The number of nitrogens with one attached hydrogen (secondary N) is 1. The lowest BCUT2D eigenvalue weighted by molar-refractivity contribution is -0.121. The Kier molecular flexibility index (Phi) is 5.43. The number of carbonyl (C=O) groups excluding carboxylic acids is 2. The summed E-state index contributed by atoms with van der Waals surface area (Å²) in [7, 11) is 0. The standard InChI is InChI=1S/C18H22N4O2S/c1-3-19-15(23)10-7-11-21-16(24)12-25-18-17(21)13(2)20-22(18)14-8-5-4-6-9-14/h4-6,8-9H,3,7,10-12H2,1-2H3,(H,19,23). The van der Waals surface area contributed by atoms with Crippen LogP contribution in [0.4, 0.5) is 5.69 Å². The highest BCUT2D eigenvalue weighted by atomic mass is 32.2. The average molecular weight is 358 g/mol. The number of rotatable bonds is 6. The zero-order chi connectivity index (χ0) is 17.8. The van der Waals surface area contributed by atoms with Crippen LogP contribution < -0.4 is 10.2 Å². The largest absolute Gasteiger partial charge is 0.356 e. The highest BCUT2D eigenvalue weighted by Gasteiger charge is 2.31. The van der Waals surface area contributed by atoms with Crippen LogP contribution in [0.15, 0.2) is 35.4 Å². The van der Waals surface area contributed by atoms with Gasteiger partial charge in [-0.3, -0.25) is 9.59 Å². The van der Waals surface area contributed by atoms with E-state index in [2.05, 4.69) is 10.4 Å². The van der Waals surface area contributed by atoms with Crippen LogP contribution in [0.5, 0.6) is 0 Å². The molecule has 0 bridgehead atoms. The lowest BCUT2D eigenvalue weighted by Crippen LogP contribution is -2.37. The van der Waals surface area contributed by atoms with E-state index in [-0.39, 0.29) is 11.8 Å². The number of amides is 2. The van der Waals surface area contributed by atoms with Gasteiger partial charge in [0.15, 0.2) is 0 Å². The molecule has 0 aliphatic carbocycles. The molecule has 0 saturated heterocycles. The molecule has 0 fully saturated rings. The maximum Gasteiger partial charge on any atom is 0.237 e. The van der Waals surface area contributed by atoms with E-state index in [0.717, 1.165) is 22.1 Å². The highest BCUT2D eigenvalue weighted by Crippen LogP contribution is 2.39. The molecule has 0 unspecified atom stereocenters. The molecule has 1 aromatic heterocycles. The minimum Gasteiger partial charge on any atom is -0.356 e. The van der Waals surface area contributed by atoms with Gasteiger partial charge in [-0.05, 0) is 32.4 Å². The van der Waals surface area contributed by atoms with Gasteiger partial charge in [-0.1, -0.05) is 30.0 Å². The molecule has 2 amide bonds. The summed E-state index contributed by atoms with van der Waals surface area (Å²) in [6.45, 7) is 4.99. The number of aryl methyl sites for hydroxylation is 1. The molecule has 1 aromatic carbocycles. The maximum atomic E-state index is 12.4. The fraction of sp³-hybridized carbons (Fsp3) is 0.389. The van der Waals surface area contributed by atoms with E-state index in [1.807, 2.05) is 48.9 Å². The summed E-state index contributed by atoms with van der Waals surface area (Å²) >= 11 is 1.52. The van der Waals surface area contributed by atoms with Crippen molar-refractivity contribution in [2.24, 2.45) is 0 Å². The molecule has 1 N–H and O–H groups in total. The lowest BCUT2D eigenvalue weighted by atomic mass is 10.2. The fourth-order valence-electron chi connectivity index (χ4n) is 2.93. The lowest BCUT2D eigenvalue weighted by Gasteiger charge is -2.27. The normalized spacial score (nSPS) is 13.7. The van der Waals surface area contributed by atoms with E-state index in [0.29, 0.717) is 31.7 Å². The van der Waals surface area contributed by atoms with Crippen LogP contribution in [-0.4, -0.2) is 40.4 Å². The van der Waals surface area contributed by atoms with Crippen LogP contribution in [0.3, 0.4) is 0 Å². The highest BCUT2D eigenvalue weighted by molar-refractivity contribution is 8.00. The predicted molar refractivity (Wildman–Crippen MR) is 99.3 cm³/mol. The molecular formula is C18H22N4O2S. The fourth-order valence-corrected chi connectivity index (χ4v) is 4.01. The molecule has 7 heteroatoms. The Morgan fingerprint density at radius 2 is 2.08 bits per heavy atom. The van der Waals surface area contributed by atoms with Gasteiger partial charge in [-0.15, -0.1) is 0 Å². The molecule has 0 spiro atoms. The summed E-state index contributed by atoms with van der Waals surface area (Å²) in [5.41, 5.74) is 2.69. The zero-order valence-electron chi connectivity index (χ0n) is 14.5. The van der Waals surface area contributed by atoms with Gasteiger partial charge in [0.2, 0.25) is 11.8 Å². The van der Waals surface area contributed by atoms with Crippen molar-refractivity contribution < 1.29 is 9.59 Å². The van der Waals surface area contributed by atoms with Gasteiger partial charge in [0.1, 0.15) is 5.03 Å². The summed E-state index contributed by atoms with van der Waals surface area (Å²) in [5, 5.41) is 8.42. The first-order valence-electron chi connectivity index (χ1n) is 8.46. The second kappa shape index (κ2) is 7.74.